The molecule has 3 rings (SSSR count). The standard InChI is InChI=1S/C19H27N5O2/c1-15(2)24-18(8-9-20-24)21-19(25)14-22-10-12-23(13-11-22)16-4-6-17(26-3)7-5-16/h4-9,15H,10-14H2,1-3H3,(H,21,25). The van der Waals surface area contributed by atoms with E-state index in [0.29, 0.717) is 6.54 Å². The second kappa shape index (κ2) is 8.23. The minimum Gasteiger partial charge on any atom is -0.497 e. The first-order chi connectivity index (χ1) is 12.6. The maximum absolute atomic E-state index is 12.4. The van der Waals surface area contributed by atoms with Crippen LogP contribution >= 0.6 is 0 Å². The predicted octanol–water partition coefficient (Wildman–Crippen LogP) is 2.23. The van der Waals surface area contributed by atoms with Crippen molar-refractivity contribution in [2.75, 3.05) is 50.1 Å². The van der Waals surface area contributed by atoms with Gasteiger partial charge in [0.25, 0.3) is 0 Å². The number of nitrogens with zero attached hydrogens (tertiary/aromatic N) is 4. The molecule has 1 amide bonds. The molecule has 1 aliphatic heterocycles. The van der Waals surface area contributed by atoms with Crippen molar-refractivity contribution >= 4 is 17.4 Å². The minimum atomic E-state index is 0.00491. The molecule has 1 fully saturated rings. The van der Waals surface area contributed by atoms with Gasteiger partial charge in [-0.2, -0.15) is 5.10 Å². The molecule has 0 spiro atoms. The van der Waals surface area contributed by atoms with Gasteiger partial charge in [0.05, 0.1) is 19.9 Å². The number of nitrogens with one attached hydrogen (secondary N) is 1. The molecule has 0 radical (unpaired) electrons. The quantitative estimate of drug-likeness (QED) is 0.859. The second-order valence-corrected chi connectivity index (χ2v) is 6.76. The van der Waals surface area contributed by atoms with Crippen LogP contribution in [0.3, 0.4) is 0 Å². The number of methoxy groups -OCH3 is 1. The maximum Gasteiger partial charge on any atom is 0.239 e. The summed E-state index contributed by atoms with van der Waals surface area (Å²) in [5.74, 6) is 1.62. The molecule has 2 aromatic rings. The molecule has 0 unspecified atom stereocenters. The van der Waals surface area contributed by atoms with Crippen LogP contribution in [0.1, 0.15) is 19.9 Å². The number of aromatic nitrogens is 2. The smallest absolute Gasteiger partial charge is 0.239 e. The Kier molecular flexibility index (Phi) is 5.78. The Bertz CT molecular complexity index is 718. The fraction of sp³-hybridized carbons (Fsp3) is 0.474. The van der Waals surface area contributed by atoms with E-state index in [4.69, 9.17) is 4.74 Å². The van der Waals surface area contributed by atoms with Crippen molar-refractivity contribution in [3.8, 4) is 5.75 Å². The second-order valence-electron chi connectivity index (χ2n) is 6.76. The lowest BCUT2D eigenvalue weighted by Gasteiger charge is -2.35. The molecular weight excluding hydrogens is 330 g/mol. The van der Waals surface area contributed by atoms with Gasteiger partial charge in [0.1, 0.15) is 11.6 Å². The first-order valence-electron chi connectivity index (χ1n) is 9.01. The maximum atomic E-state index is 12.4. The molecule has 1 aromatic carbocycles. The van der Waals surface area contributed by atoms with Crippen molar-refractivity contribution < 1.29 is 9.53 Å². The van der Waals surface area contributed by atoms with Crippen LogP contribution in [0.15, 0.2) is 36.5 Å². The normalized spacial score (nSPS) is 15.3. The zero-order valence-corrected chi connectivity index (χ0v) is 15.7. The topological polar surface area (TPSA) is 62.6 Å². The van der Waals surface area contributed by atoms with Gasteiger partial charge >= 0.3 is 0 Å². The van der Waals surface area contributed by atoms with Gasteiger partial charge in [0, 0.05) is 44.0 Å². The summed E-state index contributed by atoms with van der Waals surface area (Å²) in [7, 11) is 1.67. The van der Waals surface area contributed by atoms with Crippen LogP contribution in [0.2, 0.25) is 0 Å². The van der Waals surface area contributed by atoms with Gasteiger partial charge in [-0.1, -0.05) is 0 Å². The van der Waals surface area contributed by atoms with Gasteiger partial charge in [-0.25, -0.2) is 4.68 Å². The highest BCUT2D eigenvalue weighted by Gasteiger charge is 2.20. The van der Waals surface area contributed by atoms with Crippen molar-refractivity contribution in [1.29, 1.82) is 0 Å². The van der Waals surface area contributed by atoms with E-state index >= 15 is 0 Å². The molecule has 1 N–H and O–H groups in total. The van der Waals surface area contributed by atoms with Gasteiger partial charge < -0.3 is 15.0 Å². The number of hydrogen-bond donors (Lipinski definition) is 1. The van der Waals surface area contributed by atoms with E-state index in [2.05, 4.69) is 32.3 Å². The number of amides is 1. The number of anilines is 2. The lowest BCUT2D eigenvalue weighted by Crippen LogP contribution is -2.48. The van der Waals surface area contributed by atoms with E-state index < -0.39 is 0 Å². The van der Waals surface area contributed by atoms with Crippen LogP contribution in [-0.4, -0.2) is 60.4 Å². The molecule has 1 saturated heterocycles. The Morgan fingerprint density at radius 1 is 1.15 bits per heavy atom. The fourth-order valence-corrected chi connectivity index (χ4v) is 3.17. The molecule has 2 heterocycles. The summed E-state index contributed by atoms with van der Waals surface area (Å²) >= 11 is 0. The summed E-state index contributed by atoms with van der Waals surface area (Å²) < 4.78 is 7.02. The number of benzene rings is 1. The SMILES string of the molecule is COc1ccc(N2CCN(CC(=O)Nc3ccnn3C(C)C)CC2)cc1. The molecule has 7 nitrogen and oxygen atoms in total. The third kappa shape index (κ3) is 4.35. The molecule has 0 bridgehead atoms. The molecule has 0 aliphatic carbocycles. The summed E-state index contributed by atoms with van der Waals surface area (Å²) in [6.07, 6.45) is 1.71. The van der Waals surface area contributed by atoms with Gasteiger partial charge in [-0.15, -0.1) is 0 Å². The van der Waals surface area contributed by atoms with Crippen LogP contribution in [-0.2, 0) is 4.79 Å². The van der Waals surface area contributed by atoms with E-state index in [9.17, 15) is 4.79 Å². The summed E-state index contributed by atoms with van der Waals surface area (Å²) in [4.78, 5) is 16.9. The van der Waals surface area contributed by atoms with E-state index in [1.165, 1.54) is 5.69 Å². The third-order valence-electron chi connectivity index (χ3n) is 4.60. The van der Waals surface area contributed by atoms with E-state index in [1.54, 1.807) is 13.3 Å². The predicted molar refractivity (Wildman–Crippen MR) is 103 cm³/mol. The molecule has 1 aromatic heterocycles. The summed E-state index contributed by atoms with van der Waals surface area (Å²) in [5.41, 5.74) is 1.19. The van der Waals surface area contributed by atoms with Crippen LogP contribution in [0.5, 0.6) is 5.75 Å². The summed E-state index contributed by atoms with van der Waals surface area (Å²) in [5, 5.41) is 7.21. The minimum absolute atomic E-state index is 0.00491. The largest absolute Gasteiger partial charge is 0.497 e. The lowest BCUT2D eigenvalue weighted by atomic mass is 10.2. The number of carbonyl (C=O) groups excluding carboxylic acids is 1. The van der Waals surface area contributed by atoms with Gasteiger partial charge in [0.2, 0.25) is 5.91 Å². The van der Waals surface area contributed by atoms with Crippen LogP contribution in [0.25, 0.3) is 0 Å². The van der Waals surface area contributed by atoms with Crippen molar-refractivity contribution in [3.63, 3.8) is 0 Å². The Morgan fingerprint density at radius 3 is 2.46 bits per heavy atom. The fourth-order valence-electron chi connectivity index (χ4n) is 3.17. The molecular formula is C19H27N5O2. The van der Waals surface area contributed by atoms with E-state index in [-0.39, 0.29) is 11.9 Å². The Morgan fingerprint density at radius 2 is 1.85 bits per heavy atom. The van der Waals surface area contributed by atoms with E-state index in [1.807, 2.05) is 36.7 Å². The van der Waals surface area contributed by atoms with E-state index in [0.717, 1.165) is 37.7 Å². The van der Waals surface area contributed by atoms with Crippen molar-refractivity contribution in [1.82, 2.24) is 14.7 Å². The first-order valence-corrected chi connectivity index (χ1v) is 9.01. The number of carbonyl (C=O) groups is 1. The molecule has 7 heteroatoms. The lowest BCUT2D eigenvalue weighted by molar-refractivity contribution is -0.117. The van der Waals surface area contributed by atoms with Crippen molar-refractivity contribution in [2.24, 2.45) is 0 Å². The molecule has 26 heavy (non-hydrogen) atoms. The highest BCUT2D eigenvalue weighted by Crippen LogP contribution is 2.20. The number of rotatable bonds is 6. The van der Waals surface area contributed by atoms with Crippen molar-refractivity contribution in [3.05, 3.63) is 36.5 Å². The average Bonchev–Trinajstić information content (AvgIpc) is 3.11. The number of ether oxygens (including phenoxy) is 1. The number of piperazine rings is 1. The highest BCUT2D eigenvalue weighted by molar-refractivity contribution is 5.91. The highest BCUT2D eigenvalue weighted by atomic mass is 16.5. The Labute approximate surface area is 154 Å². The molecule has 1 aliphatic rings. The van der Waals surface area contributed by atoms with Crippen molar-refractivity contribution in [2.45, 2.75) is 19.9 Å². The zero-order chi connectivity index (χ0) is 18.5. The summed E-state index contributed by atoms with van der Waals surface area (Å²) in [6, 6.07) is 10.2. The Hall–Kier alpha value is -2.54. The third-order valence-corrected chi connectivity index (χ3v) is 4.60. The van der Waals surface area contributed by atoms with Gasteiger partial charge in [0.15, 0.2) is 0 Å². The Balaban J connectivity index is 1.48. The van der Waals surface area contributed by atoms with Gasteiger partial charge in [-0.05, 0) is 38.1 Å². The van der Waals surface area contributed by atoms with Crippen LogP contribution in [0, 0.1) is 0 Å². The zero-order valence-electron chi connectivity index (χ0n) is 15.7. The van der Waals surface area contributed by atoms with Gasteiger partial charge in [-0.3, -0.25) is 9.69 Å². The summed E-state index contributed by atoms with van der Waals surface area (Å²) in [6.45, 7) is 8.03. The first kappa shape index (κ1) is 18.3. The average molecular weight is 357 g/mol. The molecule has 0 atom stereocenters. The van der Waals surface area contributed by atoms with Crippen LogP contribution < -0.4 is 15.0 Å². The molecule has 0 saturated carbocycles. The molecule has 140 valence electrons. The number of hydrogen-bond acceptors (Lipinski definition) is 5. The van der Waals surface area contributed by atoms with Crippen LogP contribution in [0.4, 0.5) is 11.5 Å². The monoisotopic (exact) mass is 357 g/mol.